The Balaban J connectivity index is 0.000000550. The van der Waals surface area contributed by atoms with E-state index >= 15 is 0 Å². The van der Waals surface area contributed by atoms with Crippen molar-refractivity contribution in [3.63, 3.8) is 0 Å². The van der Waals surface area contributed by atoms with E-state index < -0.39 is 0 Å². The summed E-state index contributed by atoms with van der Waals surface area (Å²) in [5, 5.41) is 5.66. The summed E-state index contributed by atoms with van der Waals surface area (Å²) in [5.41, 5.74) is 1.37. The van der Waals surface area contributed by atoms with Crippen molar-refractivity contribution in [2.24, 2.45) is 0 Å². The van der Waals surface area contributed by atoms with Gasteiger partial charge in [0, 0.05) is 0 Å². The first kappa shape index (κ1) is 15.5. The van der Waals surface area contributed by atoms with E-state index in [0.717, 1.165) is 18.7 Å². The van der Waals surface area contributed by atoms with Gasteiger partial charge in [-0.15, -0.1) is 0 Å². The highest BCUT2D eigenvalue weighted by molar-refractivity contribution is 5.84. The number of ether oxygens (including phenoxy) is 1. The van der Waals surface area contributed by atoms with Gasteiger partial charge in [0.25, 0.3) is 0 Å². The van der Waals surface area contributed by atoms with E-state index in [1.54, 1.807) is 7.11 Å². The van der Waals surface area contributed by atoms with Gasteiger partial charge in [-0.25, -0.2) is 0 Å². The maximum atomic E-state index is 5.21. The third-order valence-corrected chi connectivity index (χ3v) is 2.78. The predicted octanol–water partition coefficient (Wildman–Crippen LogP) is 4.03. The van der Waals surface area contributed by atoms with Crippen molar-refractivity contribution >= 4 is 10.8 Å². The highest BCUT2D eigenvalue weighted by Crippen LogP contribution is 2.21. The zero-order chi connectivity index (χ0) is 14.1. The molecule has 2 aromatic carbocycles. The van der Waals surface area contributed by atoms with Crippen LogP contribution in [-0.4, -0.2) is 20.7 Å². The molecule has 0 bridgehead atoms. The van der Waals surface area contributed by atoms with Crippen LogP contribution in [0.15, 0.2) is 36.4 Å². The van der Waals surface area contributed by atoms with Crippen LogP contribution < -0.4 is 10.1 Å². The Hall–Kier alpha value is -1.54. The molecule has 2 nitrogen and oxygen atoms in total. The molecule has 2 aromatic rings. The van der Waals surface area contributed by atoms with Crippen LogP contribution in [-0.2, 0) is 6.42 Å². The van der Waals surface area contributed by atoms with E-state index in [2.05, 4.69) is 49.5 Å². The van der Waals surface area contributed by atoms with Crippen LogP contribution in [0.5, 0.6) is 5.75 Å². The summed E-state index contributed by atoms with van der Waals surface area (Å²) in [7, 11) is 3.67. The molecular weight excluding hydrogens is 234 g/mol. The van der Waals surface area contributed by atoms with E-state index in [9.17, 15) is 0 Å². The topological polar surface area (TPSA) is 21.3 Å². The van der Waals surface area contributed by atoms with Crippen LogP contribution in [0.4, 0.5) is 0 Å². The Morgan fingerprint density at radius 2 is 1.63 bits per heavy atom. The molecule has 0 saturated heterocycles. The zero-order valence-electron chi connectivity index (χ0n) is 12.5. The molecule has 2 rings (SSSR count). The van der Waals surface area contributed by atoms with Crippen LogP contribution in [0.25, 0.3) is 10.8 Å². The lowest BCUT2D eigenvalue weighted by Gasteiger charge is -2.05. The van der Waals surface area contributed by atoms with Crippen LogP contribution in [0.2, 0.25) is 0 Å². The molecule has 19 heavy (non-hydrogen) atoms. The number of nitrogens with one attached hydrogen (secondary N) is 1. The molecule has 0 atom stereocenters. The lowest BCUT2D eigenvalue weighted by atomic mass is 10.0. The van der Waals surface area contributed by atoms with Crippen molar-refractivity contribution in [3.8, 4) is 5.75 Å². The molecule has 0 fully saturated rings. The van der Waals surface area contributed by atoms with E-state index in [-0.39, 0.29) is 0 Å². The van der Waals surface area contributed by atoms with Crippen LogP contribution >= 0.6 is 0 Å². The van der Waals surface area contributed by atoms with Crippen LogP contribution in [0.1, 0.15) is 25.8 Å². The maximum Gasteiger partial charge on any atom is 0.119 e. The standard InChI is InChI=1S/C14H17NO.C3H8/c1-15-8-7-11-3-4-13-10-14(16-2)6-5-12(13)9-11;1-3-2/h3-6,9-10,15H,7-8H2,1-2H3;3H2,1-2H3. The van der Waals surface area contributed by atoms with Gasteiger partial charge in [-0.05, 0) is 48.5 Å². The summed E-state index contributed by atoms with van der Waals surface area (Å²) >= 11 is 0. The third-order valence-electron chi connectivity index (χ3n) is 2.78. The number of methoxy groups -OCH3 is 1. The largest absolute Gasteiger partial charge is 0.497 e. The highest BCUT2D eigenvalue weighted by atomic mass is 16.5. The molecule has 0 saturated carbocycles. The fourth-order valence-electron chi connectivity index (χ4n) is 1.83. The first-order valence-electron chi connectivity index (χ1n) is 6.96. The summed E-state index contributed by atoms with van der Waals surface area (Å²) in [6.45, 7) is 5.27. The highest BCUT2D eigenvalue weighted by Gasteiger charge is 1.98. The minimum absolute atomic E-state index is 0.912. The second kappa shape index (κ2) is 8.54. The second-order valence-electron chi connectivity index (χ2n) is 4.61. The second-order valence-corrected chi connectivity index (χ2v) is 4.61. The molecule has 0 aliphatic heterocycles. The summed E-state index contributed by atoms with van der Waals surface area (Å²) in [6.07, 6.45) is 2.32. The molecule has 0 aromatic heterocycles. The van der Waals surface area contributed by atoms with Crippen molar-refractivity contribution < 1.29 is 4.74 Å². The first-order chi connectivity index (χ1) is 9.24. The molecule has 2 heteroatoms. The Bertz CT molecular complexity index is 494. The van der Waals surface area contributed by atoms with E-state index in [0.29, 0.717) is 0 Å². The van der Waals surface area contributed by atoms with Crippen molar-refractivity contribution in [1.82, 2.24) is 5.32 Å². The SMILES string of the molecule is CCC.CNCCc1ccc2cc(OC)ccc2c1. The van der Waals surface area contributed by atoms with Crippen LogP contribution in [0, 0.1) is 0 Å². The molecular formula is C17H25NO. The van der Waals surface area contributed by atoms with Gasteiger partial charge in [0.05, 0.1) is 7.11 Å². The Kier molecular flexibility index (Phi) is 6.98. The van der Waals surface area contributed by atoms with Crippen molar-refractivity contribution in [2.75, 3.05) is 20.7 Å². The number of benzene rings is 2. The molecule has 0 spiro atoms. The monoisotopic (exact) mass is 259 g/mol. The predicted molar refractivity (Wildman–Crippen MR) is 84.1 cm³/mol. The van der Waals surface area contributed by atoms with Gasteiger partial charge in [-0.3, -0.25) is 0 Å². The fourth-order valence-corrected chi connectivity index (χ4v) is 1.83. The maximum absolute atomic E-state index is 5.21. The summed E-state index contributed by atoms with van der Waals surface area (Å²) in [6, 6.07) is 12.8. The average Bonchev–Trinajstić information content (AvgIpc) is 2.45. The van der Waals surface area contributed by atoms with Crippen molar-refractivity contribution in [1.29, 1.82) is 0 Å². The molecule has 104 valence electrons. The molecule has 0 amide bonds. The molecule has 0 aliphatic rings. The minimum atomic E-state index is 0.912. The summed E-state index contributed by atoms with van der Waals surface area (Å²) in [5.74, 6) is 0.912. The normalized spacial score (nSPS) is 9.89. The van der Waals surface area contributed by atoms with Gasteiger partial charge < -0.3 is 10.1 Å². The van der Waals surface area contributed by atoms with E-state index in [1.165, 1.54) is 22.8 Å². The number of fused-ring (bicyclic) bond motifs is 1. The summed E-state index contributed by atoms with van der Waals surface area (Å²) in [4.78, 5) is 0. The molecule has 0 aliphatic carbocycles. The number of hydrogen-bond acceptors (Lipinski definition) is 2. The lowest BCUT2D eigenvalue weighted by Crippen LogP contribution is -2.10. The fraction of sp³-hybridized carbons (Fsp3) is 0.412. The van der Waals surface area contributed by atoms with Gasteiger partial charge in [-0.1, -0.05) is 44.5 Å². The quantitative estimate of drug-likeness (QED) is 0.895. The Labute approximate surface area is 116 Å². The summed E-state index contributed by atoms with van der Waals surface area (Å²) < 4.78 is 5.21. The Morgan fingerprint density at radius 1 is 1.00 bits per heavy atom. The molecule has 0 heterocycles. The van der Waals surface area contributed by atoms with E-state index in [1.807, 2.05) is 13.1 Å². The van der Waals surface area contributed by atoms with Gasteiger partial charge in [0.15, 0.2) is 0 Å². The number of hydrogen-bond donors (Lipinski definition) is 1. The van der Waals surface area contributed by atoms with Crippen molar-refractivity contribution in [2.45, 2.75) is 26.7 Å². The van der Waals surface area contributed by atoms with Gasteiger partial charge >= 0.3 is 0 Å². The lowest BCUT2D eigenvalue weighted by molar-refractivity contribution is 0.415. The van der Waals surface area contributed by atoms with Gasteiger partial charge in [0.2, 0.25) is 0 Å². The average molecular weight is 259 g/mol. The molecule has 1 N–H and O–H groups in total. The smallest absolute Gasteiger partial charge is 0.119 e. The Morgan fingerprint density at radius 3 is 2.26 bits per heavy atom. The third kappa shape index (κ3) is 4.92. The minimum Gasteiger partial charge on any atom is -0.497 e. The number of rotatable bonds is 4. The van der Waals surface area contributed by atoms with Gasteiger partial charge in [-0.2, -0.15) is 0 Å². The van der Waals surface area contributed by atoms with Gasteiger partial charge in [0.1, 0.15) is 5.75 Å². The zero-order valence-corrected chi connectivity index (χ0v) is 12.5. The van der Waals surface area contributed by atoms with E-state index in [4.69, 9.17) is 4.74 Å². The van der Waals surface area contributed by atoms with Crippen molar-refractivity contribution in [3.05, 3.63) is 42.0 Å². The number of likely N-dealkylation sites (N-methyl/N-ethyl adjacent to an activating group) is 1. The first-order valence-corrected chi connectivity index (χ1v) is 6.96. The molecule has 0 radical (unpaired) electrons. The molecule has 0 unspecified atom stereocenters. The van der Waals surface area contributed by atoms with Crippen LogP contribution in [0.3, 0.4) is 0 Å².